The average molecular weight is 349 g/mol. The molecule has 2 aromatic carbocycles. The SMILES string of the molecule is CCCC(C(=O)Nc1ccc(OCCN)cc1)c1ccccc1.Cl. The number of nitrogens with two attached hydrogens (primary N) is 1. The molecule has 1 unspecified atom stereocenters. The predicted octanol–water partition coefficient (Wildman–Crippen LogP) is 3.97. The fraction of sp³-hybridized carbons (Fsp3) is 0.316. The summed E-state index contributed by atoms with van der Waals surface area (Å²) in [7, 11) is 0. The van der Waals surface area contributed by atoms with Crippen molar-refractivity contribution in [2.24, 2.45) is 5.73 Å². The Balaban J connectivity index is 0.00000288. The Morgan fingerprint density at radius 2 is 1.79 bits per heavy atom. The summed E-state index contributed by atoms with van der Waals surface area (Å²) in [5.74, 6) is 0.643. The first-order valence-corrected chi connectivity index (χ1v) is 8.03. The first kappa shape index (κ1) is 20.0. The minimum atomic E-state index is -0.130. The zero-order chi connectivity index (χ0) is 16.5. The van der Waals surface area contributed by atoms with Crippen LogP contribution in [0.5, 0.6) is 5.75 Å². The summed E-state index contributed by atoms with van der Waals surface area (Å²) < 4.78 is 5.43. The summed E-state index contributed by atoms with van der Waals surface area (Å²) in [6, 6.07) is 17.3. The number of benzene rings is 2. The van der Waals surface area contributed by atoms with Gasteiger partial charge >= 0.3 is 0 Å². The van der Waals surface area contributed by atoms with E-state index in [9.17, 15) is 4.79 Å². The molecule has 0 saturated carbocycles. The van der Waals surface area contributed by atoms with Gasteiger partial charge in [-0.15, -0.1) is 12.4 Å². The lowest BCUT2D eigenvalue weighted by Gasteiger charge is -2.17. The van der Waals surface area contributed by atoms with Crippen LogP contribution in [0.2, 0.25) is 0 Å². The molecule has 0 heterocycles. The van der Waals surface area contributed by atoms with Crippen molar-refractivity contribution >= 4 is 24.0 Å². The highest BCUT2D eigenvalue weighted by atomic mass is 35.5. The average Bonchev–Trinajstić information content (AvgIpc) is 2.59. The van der Waals surface area contributed by atoms with Gasteiger partial charge < -0.3 is 15.8 Å². The number of rotatable bonds is 8. The minimum absolute atomic E-state index is 0. The Hall–Kier alpha value is -2.04. The summed E-state index contributed by atoms with van der Waals surface area (Å²) in [5.41, 5.74) is 7.23. The van der Waals surface area contributed by atoms with Crippen LogP contribution in [0, 0.1) is 0 Å². The van der Waals surface area contributed by atoms with E-state index in [-0.39, 0.29) is 24.2 Å². The number of anilines is 1. The number of hydrogen-bond donors (Lipinski definition) is 2. The third-order valence-electron chi connectivity index (χ3n) is 3.60. The van der Waals surface area contributed by atoms with Crippen molar-refractivity contribution in [1.29, 1.82) is 0 Å². The molecule has 0 radical (unpaired) electrons. The van der Waals surface area contributed by atoms with Gasteiger partial charge in [0.15, 0.2) is 0 Å². The Bertz CT molecular complexity index is 603. The van der Waals surface area contributed by atoms with Gasteiger partial charge in [-0.1, -0.05) is 43.7 Å². The van der Waals surface area contributed by atoms with Crippen LogP contribution in [0.3, 0.4) is 0 Å². The molecule has 1 atom stereocenters. The van der Waals surface area contributed by atoms with E-state index < -0.39 is 0 Å². The highest BCUT2D eigenvalue weighted by Crippen LogP contribution is 2.24. The molecule has 1 amide bonds. The monoisotopic (exact) mass is 348 g/mol. The van der Waals surface area contributed by atoms with Crippen LogP contribution in [0.1, 0.15) is 31.2 Å². The van der Waals surface area contributed by atoms with Crippen molar-refractivity contribution in [2.75, 3.05) is 18.5 Å². The normalized spacial score (nSPS) is 11.2. The molecule has 5 heteroatoms. The second-order valence-corrected chi connectivity index (χ2v) is 5.40. The van der Waals surface area contributed by atoms with E-state index in [4.69, 9.17) is 10.5 Å². The lowest BCUT2D eigenvalue weighted by atomic mass is 9.93. The van der Waals surface area contributed by atoms with Gasteiger partial charge in [-0.3, -0.25) is 4.79 Å². The van der Waals surface area contributed by atoms with Gasteiger partial charge in [0, 0.05) is 12.2 Å². The number of carbonyl (C=O) groups excluding carboxylic acids is 1. The first-order chi connectivity index (χ1) is 11.2. The van der Waals surface area contributed by atoms with Crippen LogP contribution in [0.4, 0.5) is 5.69 Å². The second kappa shape index (κ2) is 10.7. The van der Waals surface area contributed by atoms with E-state index in [0.29, 0.717) is 13.2 Å². The molecule has 130 valence electrons. The molecule has 0 aromatic heterocycles. The maximum Gasteiger partial charge on any atom is 0.231 e. The van der Waals surface area contributed by atoms with Gasteiger partial charge in [0.05, 0.1) is 5.92 Å². The van der Waals surface area contributed by atoms with Crippen LogP contribution < -0.4 is 15.8 Å². The van der Waals surface area contributed by atoms with E-state index in [0.717, 1.165) is 29.8 Å². The third-order valence-corrected chi connectivity index (χ3v) is 3.60. The minimum Gasteiger partial charge on any atom is -0.492 e. The molecule has 0 aliphatic rings. The van der Waals surface area contributed by atoms with Crippen molar-refractivity contribution < 1.29 is 9.53 Å². The Labute approximate surface area is 149 Å². The van der Waals surface area contributed by atoms with Crippen molar-refractivity contribution in [3.63, 3.8) is 0 Å². The maximum atomic E-state index is 12.6. The molecule has 0 spiro atoms. The van der Waals surface area contributed by atoms with Crippen LogP contribution in [-0.4, -0.2) is 19.1 Å². The second-order valence-electron chi connectivity index (χ2n) is 5.40. The summed E-state index contributed by atoms with van der Waals surface area (Å²) in [6.07, 6.45) is 1.78. The fourth-order valence-corrected chi connectivity index (χ4v) is 2.46. The van der Waals surface area contributed by atoms with Crippen LogP contribution in [0.25, 0.3) is 0 Å². The highest BCUT2D eigenvalue weighted by molar-refractivity contribution is 5.95. The van der Waals surface area contributed by atoms with Gasteiger partial charge in [0.25, 0.3) is 0 Å². The number of ether oxygens (including phenoxy) is 1. The van der Waals surface area contributed by atoms with E-state index >= 15 is 0 Å². The molecule has 0 saturated heterocycles. The number of hydrogen-bond acceptors (Lipinski definition) is 3. The standard InChI is InChI=1S/C19H24N2O2.ClH/c1-2-6-18(15-7-4-3-5-8-15)19(22)21-16-9-11-17(12-10-16)23-14-13-20;/h3-5,7-12,18H,2,6,13-14,20H2,1H3,(H,21,22);1H. The molecule has 2 rings (SSSR count). The smallest absolute Gasteiger partial charge is 0.231 e. The molecule has 0 aliphatic heterocycles. The van der Waals surface area contributed by atoms with E-state index in [2.05, 4.69) is 12.2 Å². The Morgan fingerprint density at radius 1 is 1.12 bits per heavy atom. The van der Waals surface area contributed by atoms with Crippen LogP contribution >= 0.6 is 12.4 Å². The lowest BCUT2D eigenvalue weighted by Crippen LogP contribution is -2.21. The number of halogens is 1. The molecule has 2 aromatic rings. The molecule has 0 fully saturated rings. The van der Waals surface area contributed by atoms with Gasteiger partial charge in [-0.05, 0) is 36.2 Å². The fourth-order valence-electron chi connectivity index (χ4n) is 2.46. The Morgan fingerprint density at radius 3 is 2.38 bits per heavy atom. The summed E-state index contributed by atoms with van der Waals surface area (Å²) in [5, 5.41) is 2.99. The van der Waals surface area contributed by atoms with E-state index in [1.165, 1.54) is 0 Å². The van der Waals surface area contributed by atoms with Gasteiger partial charge in [0.2, 0.25) is 5.91 Å². The van der Waals surface area contributed by atoms with Crippen LogP contribution in [0.15, 0.2) is 54.6 Å². The van der Waals surface area contributed by atoms with Crippen molar-refractivity contribution in [2.45, 2.75) is 25.7 Å². The van der Waals surface area contributed by atoms with E-state index in [1.54, 1.807) is 0 Å². The topological polar surface area (TPSA) is 64.3 Å². The summed E-state index contributed by atoms with van der Waals surface area (Å²) >= 11 is 0. The van der Waals surface area contributed by atoms with Gasteiger partial charge in [-0.25, -0.2) is 0 Å². The van der Waals surface area contributed by atoms with Crippen molar-refractivity contribution in [3.8, 4) is 5.75 Å². The molecule has 3 N–H and O–H groups in total. The highest BCUT2D eigenvalue weighted by Gasteiger charge is 2.19. The van der Waals surface area contributed by atoms with Gasteiger partial charge in [0.1, 0.15) is 12.4 Å². The quantitative estimate of drug-likeness (QED) is 0.758. The van der Waals surface area contributed by atoms with E-state index in [1.807, 2.05) is 54.6 Å². The Kier molecular flexibility index (Phi) is 8.90. The maximum absolute atomic E-state index is 12.6. The molecule has 0 aliphatic carbocycles. The number of carbonyl (C=O) groups is 1. The molecule has 0 bridgehead atoms. The largest absolute Gasteiger partial charge is 0.492 e. The number of amides is 1. The molecular formula is C19H25ClN2O2. The number of nitrogens with one attached hydrogen (secondary N) is 1. The lowest BCUT2D eigenvalue weighted by molar-refractivity contribution is -0.117. The third kappa shape index (κ3) is 5.87. The first-order valence-electron chi connectivity index (χ1n) is 8.03. The van der Waals surface area contributed by atoms with Gasteiger partial charge in [-0.2, -0.15) is 0 Å². The van der Waals surface area contributed by atoms with Crippen molar-refractivity contribution in [3.05, 3.63) is 60.2 Å². The predicted molar refractivity (Wildman–Crippen MR) is 101 cm³/mol. The molecule has 4 nitrogen and oxygen atoms in total. The van der Waals surface area contributed by atoms with Crippen LogP contribution in [-0.2, 0) is 4.79 Å². The molecule has 24 heavy (non-hydrogen) atoms. The van der Waals surface area contributed by atoms with Crippen molar-refractivity contribution in [1.82, 2.24) is 0 Å². The summed E-state index contributed by atoms with van der Waals surface area (Å²) in [6.45, 7) is 3.05. The summed E-state index contributed by atoms with van der Waals surface area (Å²) in [4.78, 5) is 12.6. The zero-order valence-electron chi connectivity index (χ0n) is 13.9. The molecular weight excluding hydrogens is 324 g/mol. The zero-order valence-corrected chi connectivity index (χ0v) is 14.7.